The molecule has 9 nitrogen and oxygen atoms in total. The van der Waals surface area contributed by atoms with Crippen LogP contribution in [0, 0.1) is 0 Å². The average molecular weight is 439 g/mol. The van der Waals surface area contributed by atoms with Crippen molar-refractivity contribution >= 4 is 23.7 Å². The second-order valence-corrected chi connectivity index (χ2v) is 6.52. The van der Waals surface area contributed by atoms with E-state index in [9.17, 15) is 18.4 Å². The lowest BCUT2D eigenvalue weighted by atomic mass is 10.1. The van der Waals surface area contributed by atoms with Crippen LogP contribution < -0.4 is 16.0 Å². The van der Waals surface area contributed by atoms with Crippen LogP contribution in [0.1, 0.15) is 12.7 Å². The largest absolute Gasteiger partial charge is 0.491 e. The number of anilines is 1. The molecule has 0 radical (unpaired) electrons. The van der Waals surface area contributed by atoms with Gasteiger partial charge in [0.2, 0.25) is 12.3 Å². The van der Waals surface area contributed by atoms with Gasteiger partial charge in [0.15, 0.2) is 5.82 Å². The summed E-state index contributed by atoms with van der Waals surface area (Å²) in [6.45, 7) is 6.31. The molecule has 1 aromatic heterocycles. The lowest BCUT2D eigenvalue weighted by Crippen LogP contribution is -2.43. The molecule has 1 aliphatic heterocycles. The quantitative estimate of drug-likeness (QED) is 0.372. The maximum atomic E-state index is 13.6. The molecule has 31 heavy (non-hydrogen) atoms. The van der Waals surface area contributed by atoms with Gasteiger partial charge in [-0.2, -0.15) is 0 Å². The van der Waals surface area contributed by atoms with Crippen LogP contribution in [0.2, 0.25) is 0 Å². The number of carbonyl (C=O) groups is 2. The van der Waals surface area contributed by atoms with Crippen LogP contribution in [0.15, 0.2) is 36.8 Å². The number of allylic oxidation sites excluding steroid dienone is 3. The molecular formula is C20H27F2N5O4. The van der Waals surface area contributed by atoms with Crippen molar-refractivity contribution < 1.29 is 27.8 Å². The van der Waals surface area contributed by atoms with Crippen molar-refractivity contribution in [3.63, 3.8) is 0 Å². The van der Waals surface area contributed by atoms with Crippen LogP contribution in [0.5, 0.6) is 0 Å². The van der Waals surface area contributed by atoms with E-state index in [1.807, 2.05) is 0 Å². The Morgan fingerprint density at radius 1 is 1.55 bits per heavy atom. The number of nitrogens with zero attached hydrogens (tertiary/aromatic N) is 3. The monoisotopic (exact) mass is 439 g/mol. The van der Waals surface area contributed by atoms with Crippen LogP contribution in [-0.4, -0.2) is 67.2 Å². The van der Waals surface area contributed by atoms with E-state index in [2.05, 4.69) is 16.9 Å². The number of primary amides is 1. The fourth-order valence-corrected chi connectivity index (χ4v) is 2.97. The number of fused-ring (bicyclic) bond motifs is 1. The maximum absolute atomic E-state index is 13.6. The van der Waals surface area contributed by atoms with Gasteiger partial charge < -0.3 is 25.1 Å². The predicted octanol–water partition coefficient (Wildman–Crippen LogP) is 1.07. The fourth-order valence-electron chi connectivity index (χ4n) is 2.97. The maximum Gasteiger partial charge on any atom is 0.261 e. The molecule has 1 atom stereocenters. The second kappa shape index (κ2) is 12.0. The van der Waals surface area contributed by atoms with Gasteiger partial charge >= 0.3 is 0 Å². The molecule has 11 heteroatoms. The molecule has 2 amide bonds. The first-order chi connectivity index (χ1) is 14.9. The van der Waals surface area contributed by atoms with E-state index >= 15 is 0 Å². The van der Waals surface area contributed by atoms with Crippen molar-refractivity contribution in [3.8, 4) is 0 Å². The summed E-state index contributed by atoms with van der Waals surface area (Å²) in [7, 11) is 0. The van der Waals surface area contributed by atoms with Gasteiger partial charge in [-0.15, -0.1) is 0 Å². The summed E-state index contributed by atoms with van der Waals surface area (Å²) in [6.07, 6.45) is 3.98. The molecular weight excluding hydrogens is 412 g/mol. The van der Waals surface area contributed by atoms with Crippen LogP contribution >= 0.6 is 0 Å². The van der Waals surface area contributed by atoms with Crippen LogP contribution in [0.3, 0.4) is 0 Å². The molecule has 0 aromatic carbocycles. The zero-order chi connectivity index (χ0) is 22.8. The number of aromatic nitrogens is 2. The van der Waals surface area contributed by atoms with E-state index < -0.39 is 18.4 Å². The lowest BCUT2D eigenvalue weighted by Gasteiger charge is -2.25. The number of ether oxygens (including phenoxy) is 2. The molecule has 0 spiro atoms. The summed E-state index contributed by atoms with van der Waals surface area (Å²) in [5.74, 6) is 0.505. The van der Waals surface area contributed by atoms with Crippen LogP contribution in [0.25, 0.3) is 5.57 Å². The van der Waals surface area contributed by atoms with Crippen LogP contribution in [-0.2, 0) is 25.6 Å². The topological polar surface area (TPSA) is 112 Å². The molecule has 0 saturated heterocycles. The first-order valence-electron chi connectivity index (χ1n) is 9.75. The number of halogens is 2. The minimum Gasteiger partial charge on any atom is -0.491 e. The van der Waals surface area contributed by atoms with E-state index in [-0.39, 0.29) is 32.2 Å². The number of nitrogens with one attached hydrogen (secondary N) is 1. The van der Waals surface area contributed by atoms with Gasteiger partial charge in [0.05, 0.1) is 25.3 Å². The van der Waals surface area contributed by atoms with Crippen molar-refractivity contribution in [2.45, 2.75) is 25.9 Å². The third kappa shape index (κ3) is 6.46. The molecule has 3 N–H and O–H groups in total. The average Bonchev–Trinajstić information content (AvgIpc) is 3.07. The summed E-state index contributed by atoms with van der Waals surface area (Å²) in [4.78, 5) is 27.9. The molecule has 2 rings (SSSR count). The molecule has 1 unspecified atom stereocenters. The smallest absolute Gasteiger partial charge is 0.261 e. The highest BCUT2D eigenvalue weighted by Crippen LogP contribution is 2.30. The Bertz CT molecular complexity index is 838. The van der Waals surface area contributed by atoms with Gasteiger partial charge in [0.25, 0.3) is 6.43 Å². The van der Waals surface area contributed by atoms with Crippen LogP contribution in [0.4, 0.5) is 14.6 Å². The Kier molecular flexibility index (Phi) is 9.35. The molecule has 170 valence electrons. The SMILES string of the molecule is C=C/C=C1\C(=C/CNCC(N)=O)OCCn2cc(N(C=O)C(COCC)C(F)F)nc21. The molecule has 0 fully saturated rings. The zero-order valence-corrected chi connectivity index (χ0v) is 17.3. The minimum atomic E-state index is -2.81. The normalized spacial score (nSPS) is 17.2. The van der Waals surface area contributed by atoms with Gasteiger partial charge in [0, 0.05) is 19.3 Å². The summed E-state index contributed by atoms with van der Waals surface area (Å²) >= 11 is 0. The van der Waals surface area contributed by atoms with E-state index in [4.69, 9.17) is 15.2 Å². The van der Waals surface area contributed by atoms with Crippen molar-refractivity contribution in [2.24, 2.45) is 5.73 Å². The summed E-state index contributed by atoms with van der Waals surface area (Å²) in [5.41, 5.74) is 5.67. The van der Waals surface area contributed by atoms with Gasteiger partial charge in [-0.05, 0) is 19.1 Å². The number of imidazole rings is 1. The number of hydrogen-bond donors (Lipinski definition) is 2. The number of nitrogens with two attached hydrogens (primary N) is 1. The van der Waals surface area contributed by atoms with Gasteiger partial charge in [-0.1, -0.05) is 12.7 Å². The van der Waals surface area contributed by atoms with Crippen molar-refractivity contribution in [2.75, 3.05) is 37.8 Å². The number of amides is 2. The molecule has 0 aliphatic carbocycles. The van der Waals surface area contributed by atoms with E-state index in [1.54, 1.807) is 29.7 Å². The molecule has 0 saturated carbocycles. The van der Waals surface area contributed by atoms with Crippen molar-refractivity contribution in [1.29, 1.82) is 0 Å². The van der Waals surface area contributed by atoms with Gasteiger partial charge in [0.1, 0.15) is 24.2 Å². The Balaban J connectivity index is 2.37. The standard InChI is InChI=1S/C20H27F2N5O4/c1-3-5-14-16(6-7-24-10-17(23)29)31-9-8-26-11-18(25-20(14)26)27(13-28)15(19(21)22)12-30-4-2/h3,5-6,11,13,15,19,24H,1,4,7-10,12H2,2H3,(H2,23,29)/b14-5+,16-6+. The minimum absolute atomic E-state index is 0.00615. The Labute approximate surface area is 179 Å². The third-order valence-electron chi connectivity index (χ3n) is 4.39. The Morgan fingerprint density at radius 2 is 2.32 bits per heavy atom. The summed E-state index contributed by atoms with van der Waals surface area (Å²) < 4.78 is 39.8. The first kappa shape index (κ1) is 24.2. The zero-order valence-electron chi connectivity index (χ0n) is 17.3. The summed E-state index contributed by atoms with van der Waals surface area (Å²) in [6, 6.07) is -1.47. The van der Waals surface area contributed by atoms with E-state index in [0.29, 0.717) is 36.7 Å². The third-order valence-corrected chi connectivity index (χ3v) is 4.39. The highest BCUT2D eigenvalue weighted by Gasteiger charge is 2.31. The first-order valence-corrected chi connectivity index (χ1v) is 9.75. The number of alkyl halides is 2. The fraction of sp³-hybridized carbons (Fsp3) is 0.450. The van der Waals surface area contributed by atoms with Gasteiger partial charge in [-0.25, -0.2) is 13.8 Å². The highest BCUT2D eigenvalue weighted by molar-refractivity contribution is 5.79. The predicted molar refractivity (Wildman–Crippen MR) is 111 cm³/mol. The molecule has 1 aromatic rings. The van der Waals surface area contributed by atoms with E-state index in [1.165, 1.54) is 6.20 Å². The number of carbonyl (C=O) groups excluding carboxylic acids is 2. The number of hydrogen-bond acceptors (Lipinski definition) is 6. The van der Waals surface area contributed by atoms with Gasteiger partial charge in [-0.3, -0.25) is 14.5 Å². The number of rotatable bonds is 12. The Morgan fingerprint density at radius 3 is 2.94 bits per heavy atom. The summed E-state index contributed by atoms with van der Waals surface area (Å²) in [5, 5.41) is 2.86. The highest BCUT2D eigenvalue weighted by atomic mass is 19.3. The molecule has 1 aliphatic rings. The molecule has 2 heterocycles. The van der Waals surface area contributed by atoms with Crippen molar-refractivity contribution in [1.82, 2.24) is 14.9 Å². The Hall–Kier alpha value is -3.05. The van der Waals surface area contributed by atoms with Crippen molar-refractivity contribution in [3.05, 3.63) is 42.6 Å². The molecule has 0 bridgehead atoms. The lowest BCUT2D eigenvalue weighted by molar-refractivity contribution is -0.117. The second-order valence-electron chi connectivity index (χ2n) is 6.52. The van der Waals surface area contributed by atoms with E-state index in [0.717, 1.165) is 4.90 Å².